The van der Waals surface area contributed by atoms with Gasteiger partial charge in [-0.3, -0.25) is 8.97 Å². The fourth-order valence-corrected chi connectivity index (χ4v) is 7.11. The summed E-state index contributed by atoms with van der Waals surface area (Å²) in [7, 11) is 0. The summed E-state index contributed by atoms with van der Waals surface area (Å²) in [5, 5.41) is 4.93. The quantitative estimate of drug-likeness (QED) is 0.221. The Morgan fingerprint density at radius 2 is 1.26 bits per heavy atom. The zero-order valence-electron chi connectivity index (χ0n) is 21.8. The molecule has 3 heterocycles. The molecule has 8 aromatic rings. The molecule has 0 aliphatic heterocycles. The lowest BCUT2D eigenvalue weighted by Gasteiger charge is -2.22. The molecule has 0 radical (unpaired) electrons. The van der Waals surface area contributed by atoms with Crippen molar-refractivity contribution in [1.82, 2.24) is 14.0 Å². The number of hydrogen-bond donors (Lipinski definition) is 0. The van der Waals surface area contributed by atoms with E-state index in [0.717, 1.165) is 22.3 Å². The molecule has 3 heteroatoms. The number of imidazole rings is 1. The minimum atomic E-state index is -0.0651. The lowest BCUT2D eigenvalue weighted by molar-refractivity contribution is 0.660. The molecular weight excluding hydrogens is 474 g/mol. The lowest BCUT2D eigenvalue weighted by Crippen LogP contribution is -2.15. The van der Waals surface area contributed by atoms with Gasteiger partial charge < -0.3 is 0 Å². The van der Waals surface area contributed by atoms with E-state index in [1.165, 1.54) is 55.0 Å². The second kappa shape index (κ2) is 7.15. The van der Waals surface area contributed by atoms with E-state index in [4.69, 9.17) is 4.98 Å². The summed E-state index contributed by atoms with van der Waals surface area (Å²) in [5.74, 6) is 0. The Bertz CT molecular complexity index is 2310. The van der Waals surface area contributed by atoms with Crippen LogP contribution in [0.5, 0.6) is 0 Å². The molecule has 0 atom stereocenters. The lowest BCUT2D eigenvalue weighted by atomic mass is 9.82. The molecule has 1 aliphatic carbocycles. The van der Waals surface area contributed by atoms with Crippen molar-refractivity contribution in [2.24, 2.45) is 0 Å². The first-order chi connectivity index (χ1) is 19.1. The zero-order chi connectivity index (χ0) is 25.9. The molecule has 3 aromatic heterocycles. The second-order valence-electron chi connectivity index (χ2n) is 11.3. The van der Waals surface area contributed by atoms with Crippen molar-refractivity contribution < 1.29 is 0 Å². The number of hydrogen-bond acceptors (Lipinski definition) is 1. The van der Waals surface area contributed by atoms with Gasteiger partial charge in [0.25, 0.3) is 0 Å². The van der Waals surface area contributed by atoms with E-state index in [1.54, 1.807) is 0 Å². The highest BCUT2D eigenvalue weighted by Gasteiger charge is 2.35. The van der Waals surface area contributed by atoms with Crippen molar-refractivity contribution in [2.75, 3.05) is 0 Å². The van der Waals surface area contributed by atoms with Gasteiger partial charge in [0, 0.05) is 27.3 Å². The molecule has 9 rings (SSSR count). The van der Waals surface area contributed by atoms with E-state index >= 15 is 0 Å². The molecule has 1 aliphatic rings. The third kappa shape index (κ3) is 2.55. The average molecular weight is 500 g/mol. The summed E-state index contributed by atoms with van der Waals surface area (Å²) >= 11 is 0. The number of rotatable bonds is 1. The molecule has 0 bridgehead atoms. The van der Waals surface area contributed by atoms with Crippen LogP contribution in [-0.2, 0) is 5.41 Å². The summed E-state index contributed by atoms with van der Waals surface area (Å²) in [5.41, 5.74) is 12.1. The molecule has 0 amide bonds. The molecule has 5 aromatic carbocycles. The van der Waals surface area contributed by atoms with E-state index in [9.17, 15) is 0 Å². The standard InChI is InChI=1S/C36H25N3/c1-36(2)28-15-7-5-11-23(28)24-20-19-22(21-29(24)36)38-31-17-9-6-14-27(31)33-25-12-3-4-13-26(25)34-37-30-16-8-10-18-32(30)39(34)35(33)38/h3-21H,1-2H3. The maximum absolute atomic E-state index is 5.16. The third-order valence-electron chi connectivity index (χ3n) is 8.88. The van der Waals surface area contributed by atoms with Crippen molar-refractivity contribution in [3.05, 3.63) is 126 Å². The minimum Gasteiger partial charge on any atom is -0.295 e. The smallest absolute Gasteiger partial charge is 0.147 e. The van der Waals surface area contributed by atoms with Crippen molar-refractivity contribution in [3.63, 3.8) is 0 Å². The number of fused-ring (bicyclic) bond motifs is 13. The van der Waals surface area contributed by atoms with Crippen LogP contribution in [0, 0.1) is 0 Å². The largest absolute Gasteiger partial charge is 0.295 e. The first-order valence-corrected chi connectivity index (χ1v) is 13.6. The van der Waals surface area contributed by atoms with Crippen LogP contribution in [0.15, 0.2) is 115 Å². The first-order valence-electron chi connectivity index (χ1n) is 13.6. The third-order valence-corrected chi connectivity index (χ3v) is 8.88. The molecule has 0 unspecified atom stereocenters. The number of pyridine rings is 1. The van der Waals surface area contributed by atoms with Gasteiger partial charge in [-0.1, -0.05) is 98.8 Å². The summed E-state index contributed by atoms with van der Waals surface area (Å²) in [6.45, 7) is 4.70. The van der Waals surface area contributed by atoms with Crippen LogP contribution in [0.2, 0.25) is 0 Å². The van der Waals surface area contributed by atoms with Crippen LogP contribution in [0.4, 0.5) is 0 Å². The monoisotopic (exact) mass is 499 g/mol. The summed E-state index contributed by atoms with van der Waals surface area (Å²) in [6.07, 6.45) is 0. The van der Waals surface area contributed by atoms with E-state index in [-0.39, 0.29) is 5.41 Å². The van der Waals surface area contributed by atoms with Gasteiger partial charge in [-0.25, -0.2) is 4.98 Å². The van der Waals surface area contributed by atoms with Crippen LogP contribution in [-0.4, -0.2) is 14.0 Å². The highest BCUT2D eigenvalue weighted by molar-refractivity contribution is 6.23. The van der Waals surface area contributed by atoms with Crippen molar-refractivity contribution in [2.45, 2.75) is 19.3 Å². The number of aromatic nitrogens is 3. The van der Waals surface area contributed by atoms with Crippen LogP contribution in [0.3, 0.4) is 0 Å². The Hall–Kier alpha value is -4.89. The highest BCUT2D eigenvalue weighted by Crippen LogP contribution is 2.49. The summed E-state index contributed by atoms with van der Waals surface area (Å²) < 4.78 is 4.83. The Kier molecular flexibility index (Phi) is 3.86. The van der Waals surface area contributed by atoms with Crippen LogP contribution in [0.1, 0.15) is 25.0 Å². The van der Waals surface area contributed by atoms with Gasteiger partial charge in [0.1, 0.15) is 11.3 Å². The molecule has 39 heavy (non-hydrogen) atoms. The fourth-order valence-electron chi connectivity index (χ4n) is 7.11. The van der Waals surface area contributed by atoms with Gasteiger partial charge in [-0.15, -0.1) is 0 Å². The molecule has 0 N–H and O–H groups in total. The van der Waals surface area contributed by atoms with Crippen molar-refractivity contribution in [3.8, 4) is 16.8 Å². The van der Waals surface area contributed by atoms with Gasteiger partial charge in [0.05, 0.1) is 16.6 Å². The van der Waals surface area contributed by atoms with Gasteiger partial charge in [-0.2, -0.15) is 0 Å². The van der Waals surface area contributed by atoms with Crippen molar-refractivity contribution >= 4 is 49.4 Å². The molecule has 0 saturated heterocycles. The fraction of sp³-hybridized carbons (Fsp3) is 0.0833. The first kappa shape index (κ1) is 21.1. The molecule has 0 spiro atoms. The maximum Gasteiger partial charge on any atom is 0.147 e. The van der Waals surface area contributed by atoms with Gasteiger partial charge in [0.15, 0.2) is 0 Å². The average Bonchev–Trinajstić information content (AvgIpc) is 3.60. The topological polar surface area (TPSA) is 22.2 Å². The zero-order valence-corrected chi connectivity index (χ0v) is 21.8. The molecular formula is C36H25N3. The Morgan fingerprint density at radius 3 is 2.13 bits per heavy atom. The predicted molar refractivity (Wildman–Crippen MR) is 162 cm³/mol. The highest BCUT2D eigenvalue weighted by atomic mass is 15.1. The molecule has 3 nitrogen and oxygen atoms in total. The predicted octanol–water partition coefficient (Wildman–Crippen LogP) is 9.04. The Balaban J connectivity index is 1.50. The van der Waals surface area contributed by atoms with Gasteiger partial charge in [0.2, 0.25) is 0 Å². The van der Waals surface area contributed by atoms with E-state index in [0.29, 0.717) is 0 Å². The van der Waals surface area contributed by atoms with Crippen LogP contribution in [0.25, 0.3) is 66.2 Å². The van der Waals surface area contributed by atoms with E-state index in [2.05, 4.69) is 138 Å². The summed E-state index contributed by atoms with van der Waals surface area (Å²) in [6, 6.07) is 41.9. The number of para-hydroxylation sites is 3. The van der Waals surface area contributed by atoms with Crippen LogP contribution < -0.4 is 0 Å². The molecule has 184 valence electrons. The maximum atomic E-state index is 5.16. The Morgan fingerprint density at radius 1 is 0.590 bits per heavy atom. The summed E-state index contributed by atoms with van der Waals surface area (Å²) in [4.78, 5) is 5.16. The SMILES string of the molecule is CC1(C)c2ccccc2-c2ccc(-n3c4ccccc4c4c5ccccc5c5nc6ccccc6n5c43)cc21. The number of nitrogens with zero attached hydrogens (tertiary/aromatic N) is 3. The van der Waals surface area contributed by atoms with Crippen molar-refractivity contribution in [1.29, 1.82) is 0 Å². The van der Waals surface area contributed by atoms with E-state index < -0.39 is 0 Å². The molecule has 0 saturated carbocycles. The molecule has 0 fully saturated rings. The minimum absolute atomic E-state index is 0.0651. The number of benzene rings is 5. The van der Waals surface area contributed by atoms with Gasteiger partial charge >= 0.3 is 0 Å². The second-order valence-corrected chi connectivity index (χ2v) is 11.3. The van der Waals surface area contributed by atoms with E-state index in [1.807, 2.05) is 0 Å². The van der Waals surface area contributed by atoms with Gasteiger partial charge in [-0.05, 0) is 58.0 Å². The Labute approximate surface area is 225 Å². The van der Waals surface area contributed by atoms with Crippen LogP contribution >= 0.6 is 0 Å². The normalized spacial score (nSPS) is 14.1.